The first-order chi connectivity index (χ1) is 9.88. The van der Waals surface area contributed by atoms with E-state index in [0.717, 1.165) is 10.7 Å². The van der Waals surface area contributed by atoms with Gasteiger partial charge in [-0.05, 0) is 48.0 Å². The van der Waals surface area contributed by atoms with Crippen LogP contribution >= 0.6 is 15.9 Å². The van der Waals surface area contributed by atoms with E-state index in [2.05, 4.69) is 26.2 Å². The van der Waals surface area contributed by atoms with Gasteiger partial charge in [0.1, 0.15) is 5.82 Å². The number of rotatable bonds is 4. The number of anilines is 1. The van der Waals surface area contributed by atoms with Crippen molar-refractivity contribution >= 4 is 27.3 Å². The Morgan fingerprint density at radius 1 is 1.43 bits per heavy atom. The lowest BCUT2D eigenvalue weighted by atomic mass is 10.1. The molecule has 0 spiro atoms. The van der Waals surface area contributed by atoms with Gasteiger partial charge in [-0.2, -0.15) is 0 Å². The zero-order valence-electron chi connectivity index (χ0n) is 11.4. The quantitative estimate of drug-likeness (QED) is 0.654. The molecule has 5 nitrogen and oxygen atoms in total. The Morgan fingerprint density at radius 2 is 2.14 bits per heavy atom. The number of halogens is 2. The van der Waals surface area contributed by atoms with E-state index in [4.69, 9.17) is 0 Å². The van der Waals surface area contributed by atoms with Crippen LogP contribution in [-0.2, 0) is 0 Å². The highest BCUT2D eigenvalue weighted by molar-refractivity contribution is 9.10. The fourth-order valence-electron chi connectivity index (χ4n) is 1.92. The molecule has 1 unspecified atom stereocenters. The molecule has 0 aliphatic carbocycles. The number of hydrogen-bond acceptors (Lipinski definition) is 4. The lowest BCUT2D eigenvalue weighted by molar-refractivity contribution is -0.385. The maximum atomic E-state index is 12.9. The molecule has 0 aliphatic heterocycles. The third-order valence-electron chi connectivity index (χ3n) is 3.05. The van der Waals surface area contributed by atoms with Gasteiger partial charge < -0.3 is 5.32 Å². The van der Waals surface area contributed by atoms with Crippen LogP contribution in [0.4, 0.5) is 15.8 Å². The Hall–Kier alpha value is -2.02. The second-order valence-corrected chi connectivity index (χ2v) is 5.50. The molecule has 2 rings (SSSR count). The third-order valence-corrected chi connectivity index (χ3v) is 3.70. The smallest absolute Gasteiger partial charge is 0.274 e. The Morgan fingerprint density at radius 3 is 2.71 bits per heavy atom. The summed E-state index contributed by atoms with van der Waals surface area (Å²) in [5.41, 5.74) is 1.85. The summed E-state index contributed by atoms with van der Waals surface area (Å²) in [5, 5.41) is 14.1. The fourth-order valence-corrected chi connectivity index (χ4v) is 2.49. The van der Waals surface area contributed by atoms with Gasteiger partial charge in [-0.3, -0.25) is 15.1 Å². The average Bonchev–Trinajstić information content (AvgIpc) is 2.42. The Kier molecular flexibility index (Phi) is 4.52. The fraction of sp³-hybridized carbons (Fsp3) is 0.214. The molecule has 1 heterocycles. The number of hydrogen-bond donors (Lipinski definition) is 1. The number of aryl methyl sites for hydroxylation is 1. The molecule has 1 atom stereocenters. The van der Waals surface area contributed by atoms with E-state index < -0.39 is 10.7 Å². The van der Waals surface area contributed by atoms with Crippen LogP contribution in [0, 0.1) is 22.9 Å². The minimum absolute atomic E-state index is 0.0416. The molecule has 2 aromatic rings. The van der Waals surface area contributed by atoms with Gasteiger partial charge in [-0.1, -0.05) is 0 Å². The highest BCUT2D eigenvalue weighted by Crippen LogP contribution is 2.32. The SMILES string of the molecule is Cc1cc(Br)c(NC(C)c2ccc(F)cn2)cc1[N+](=O)[O-]. The van der Waals surface area contributed by atoms with Crippen LogP contribution in [0.3, 0.4) is 0 Å². The molecular formula is C14H13BrFN3O2. The van der Waals surface area contributed by atoms with Crippen LogP contribution < -0.4 is 5.32 Å². The molecule has 0 radical (unpaired) electrons. The van der Waals surface area contributed by atoms with Gasteiger partial charge in [0, 0.05) is 16.1 Å². The molecule has 7 heteroatoms. The first-order valence-electron chi connectivity index (χ1n) is 6.21. The Bertz CT molecular complexity index is 677. The Labute approximate surface area is 129 Å². The van der Waals surface area contributed by atoms with Crippen molar-refractivity contribution in [2.24, 2.45) is 0 Å². The second-order valence-electron chi connectivity index (χ2n) is 4.64. The van der Waals surface area contributed by atoms with Crippen LogP contribution in [0.25, 0.3) is 0 Å². The summed E-state index contributed by atoms with van der Waals surface area (Å²) in [7, 11) is 0. The summed E-state index contributed by atoms with van der Waals surface area (Å²) in [6, 6.07) is 5.84. The van der Waals surface area contributed by atoms with E-state index in [1.807, 2.05) is 6.92 Å². The number of pyridine rings is 1. The van der Waals surface area contributed by atoms with Gasteiger partial charge in [0.25, 0.3) is 5.69 Å². The van der Waals surface area contributed by atoms with E-state index in [0.29, 0.717) is 16.9 Å². The summed E-state index contributed by atoms with van der Waals surface area (Å²) in [4.78, 5) is 14.6. The van der Waals surface area contributed by atoms with Crippen molar-refractivity contribution in [3.63, 3.8) is 0 Å². The van der Waals surface area contributed by atoms with Crippen molar-refractivity contribution < 1.29 is 9.31 Å². The average molecular weight is 354 g/mol. The highest BCUT2D eigenvalue weighted by atomic mass is 79.9. The van der Waals surface area contributed by atoms with Gasteiger partial charge in [0.2, 0.25) is 0 Å². The van der Waals surface area contributed by atoms with E-state index in [1.165, 1.54) is 12.1 Å². The number of aromatic nitrogens is 1. The summed E-state index contributed by atoms with van der Waals surface area (Å²) in [6.45, 7) is 3.52. The largest absolute Gasteiger partial charge is 0.376 e. The lowest BCUT2D eigenvalue weighted by Crippen LogP contribution is -2.09. The van der Waals surface area contributed by atoms with Crippen molar-refractivity contribution in [1.29, 1.82) is 0 Å². The molecule has 0 saturated heterocycles. The van der Waals surface area contributed by atoms with Crippen molar-refractivity contribution in [3.8, 4) is 0 Å². The molecule has 0 bridgehead atoms. The first kappa shape index (κ1) is 15.4. The Balaban J connectivity index is 2.28. The minimum Gasteiger partial charge on any atom is -0.376 e. The number of nitrogens with one attached hydrogen (secondary N) is 1. The van der Waals surface area contributed by atoms with Gasteiger partial charge in [-0.25, -0.2) is 4.39 Å². The van der Waals surface area contributed by atoms with Crippen LogP contribution in [-0.4, -0.2) is 9.91 Å². The topological polar surface area (TPSA) is 68.1 Å². The summed E-state index contributed by atoms with van der Waals surface area (Å²) >= 11 is 3.38. The molecular weight excluding hydrogens is 341 g/mol. The summed E-state index contributed by atoms with van der Waals surface area (Å²) in [5.74, 6) is -0.405. The first-order valence-corrected chi connectivity index (χ1v) is 7.00. The van der Waals surface area contributed by atoms with Crippen molar-refractivity contribution in [2.45, 2.75) is 19.9 Å². The maximum Gasteiger partial charge on any atom is 0.274 e. The van der Waals surface area contributed by atoms with E-state index in [1.54, 1.807) is 19.1 Å². The standard InChI is InChI=1S/C14H13BrFN3O2/c1-8-5-11(15)13(6-14(8)19(20)21)18-9(2)12-4-3-10(16)7-17-12/h3-7,9,18H,1-2H3. The summed E-state index contributed by atoms with van der Waals surface area (Å²) in [6.07, 6.45) is 1.14. The molecule has 110 valence electrons. The summed E-state index contributed by atoms with van der Waals surface area (Å²) < 4.78 is 13.6. The molecule has 1 aromatic carbocycles. The van der Waals surface area contributed by atoms with Crippen molar-refractivity contribution in [1.82, 2.24) is 4.98 Å². The molecule has 1 N–H and O–H groups in total. The van der Waals surface area contributed by atoms with Crippen LogP contribution in [0.2, 0.25) is 0 Å². The van der Waals surface area contributed by atoms with Crippen LogP contribution in [0.1, 0.15) is 24.2 Å². The number of nitro groups is 1. The van der Waals surface area contributed by atoms with Crippen molar-refractivity contribution in [2.75, 3.05) is 5.32 Å². The van der Waals surface area contributed by atoms with Gasteiger partial charge in [-0.15, -0.1) is 0 Å². The molecule has 1 aromatic heterocycles. The number of nitro benzene ring substituents is 1. The normalized spacial score (nSPS) is 12.0. The minimum atomic E-state index is -0.423. The highest BCUT2D eigenvalue weighted by Gasteiger charge is 2.16. The van der Waals surface area contributed by atoms with E-state index in [9.17, 15) is 14.5 Å². The molecule has 0 amide bonds. The molecule has 0 saturated carbocycles. The zero-order valence-corrected chi connectivity index (χ0v) is 13.0. The molecule has 0 aliphatic rings. The van der Waals surface area contributed by atoms with Gasteiger partial charge >= 0.3 is 0 Å². The van der Waals surface area contributed by atoms with Gasteiger partial charge in [0.15, 0.2) is 0 Å². The number of benzene rings is 1. The van der Waals surface area contributed by atoms with E-state index >= 15 is 0 Å². The number of nitrogens with zero attached hydrogens (tertiary/aromatic N) is 2. The van der Waals surface area contributed by atoms with Crippen LogP contribution in [0.15, 0.2) is 34.9 Å². The predicted octanol–water partition coefficient (Wildman–Crippen LogP) is 4.37. The molecule has 21 heavy (non-hydrogen) atoms. The third kappa shape index (κ3) is 3.55. The zero-order chi connectivity index (χ0) is 15.6. The predicted molar refractivity (Wildman–Crippen MR) is 81.8 cm³/mol. The van der Waals surface area contributed by atoms with Crippen molar-refractivity contribution in [3.05, 3.63) is 62.1 Å². The maximum absolute atomic E-state index is 12.9. The monoisotopic (exact) mass is 353 g/mol. The lowest BCUT2D eigenvalue weighted by Gasteiger charge is -2.16. The van der Waals surface area contributed by atoms with E-state index in [-0.39, 0.29) is 11.7 Å². The molecule has 0 fully saturated rings. The second kappa shape index (κ2) is 6.17. The van der Waals surface area contributed by atoms with Gasteiger partial charge in [0.05, 0.1) is 28.5 Å². The van der Waals surface area contributed by atoms with Crippen LogP contribution in [0.5, 0.6) is 0 Å².